The molecule has 9 heteroatoms. The van der Waals surface area contributed by atoms with Crippen LogP contribution in [0.5, 0.6) is 0 Å². The van der Waals surface area contributed by atoms with E-state index < -0.39 is 33.3 Å². The van der Waals surface area contributed by atoms with Gasteiger partial charge in [-0.3, -0.25) is 9.52 Å². The largest absolute Gasteiger partial charge is 0.372 e. The van der Waals surface area contributed by atoms with Crippen molar-refractivity contribution in [1.82, 2.24) is 4.90 Å². The van der Waals surface area contributed by atoms with E-state index in [0.29, 0.717) is 5.69 Å². The predicted octanol–water partition coefficient (Wildman–Crippen LogP) is 3.89. The molecule has 0 bridgehead atoms. The zero-order valence-electron chi connectivity index (χ0n) is 17.8. The smallest absolute Gasteiger partial charge is 0.241 e. The van der Waals surface area contributed by atoms with Gasteiger partial charge in [0, 0.05) is 48.7 Å². The highest BCUT2D eigenvalue weighted by atomic mass is 32.2. The van der Waals surface area contributed by atoms with E-state index in [0.717, 1.165) is 56.6 Å². The number of hydrogen-bond acceptors (Lipinski definition) is 4. The third-order valence-electron chi connectivity index (χ3n) is 5.84. The summed E-state index contributed by atoms with van der Waals surface area (Å²) >= 11 is 0. The average molecular weight is 464 g/mol. The predicted molar refractivity (Wildman–Crippen MR) is 120 cm³/mol. The van der Waals surface area contributed by atoms with Crippen LogP contribution in [0.15, 0.2) is 42.5 Å². The maximum absolute atomic E-state index is 14.0. The van der Waals surface area contributed by atoms with Crippen LogP contribution in [0.25, 0.3) is 0 Å². The fraction of sp³-hybridized carbons (Fsp3) is 0.435. The summed E-state index contributed by atoms with van der Waals surface area (Å²) in [7, 11) is -3.94. The molecule has 1 saturated heterocycles. The number of piperidine rings is 1. The van der Waals surface area contributed by atoms with Gasteiger partial charge in [-0.05, 0) is 62.4 Å². The molecule has 0 aromatic heterocycles. The Morgan fingerprint density at radius 3 is 2.34 bits per heavy atom. The van der Waals surface area contributed by atoms with Gasteiger partial charge in [-0.1, -0.05) is 6.07 Å². The topological polar surface area (TPSA) is 69.7 Å². The highest BCUT2D eigenvalue weighted by molar-refractivity contribution is 7.93. The van der Waals surface area contributed by atoms with Crippen LogP contribution in [0.4, 0.5) is 20.2 Å². The fourth-order valence-electron chi connectivity index (χ4n) is 3.99. The monoisotopic (exact) mass is 463 g/mol. The van der Waals surface area contributed by atoms with E-state index >= 15 is 0 Å². The number of nitrogens with one attached hydrogen (secondary N) is 1. The van der Waals surface area contributed by atoms with E-state index in [-0.39, 0.29) is 18.2 Å². The third kappa shape index (κ3) is 5.76. The normalized spacial score (nSPS) is 16.6. The quantitative estimate of drug-likeness (QED) is 0.645. The lowest BCUT2D eigenvalue weighted by atomic mass is 10.1. The Kier molecular flexibility index (Phi) is 6.64. The molecule has 2 aromatic rings. The molecule has 172 valence electrons. The number of anilines is 2. The average Bonchev–Trinajstić information content (AvgIpc) is 3.59. The molecule has 6 nitrogen and oxygen atoms in total. The number of amides is 1. The lowest BCUT2D eigenvalue weighted by Crippen LogP contribution is -2.38. The van der Waals surface area contributed by atoms with Crippen molar-refractivity contribution in [2.45, 2.75) is 44.7 Å². The SMILES string of the molecule is O=C(CS(=O)(=O)Nc1ccc(N2CCCCC2)cc1)N(Cc1ccc(F)cc1F)C1CC1. The van der Waals surface area contributed by atoms with Crippen LogP contribution in [-0.4, -0.2) is 44.1 Å². The molecular weight excluding hydrogens is 436 g/mol. The van der Waals surface area contributed by atoms with Crippen LogP contribution in [0.2, 0.25) is 0 Å². The van der Waals surface area contributed by atoms with Crippen molar-refractivity contribution >= 4 is 27.3 Å². The van der Waals surface area contributed by atoms with E-state index in [1.807, 2.05) is 12.1 Å². The number of benzene rings is 2. The fourth-order valence-corrected chi connectivity index (χ4v) is 5.05. The first-order chi connectivity index (χ1) is 15.3. The molecule has 0 unspecified atom stereocenters. The van der Waals surface area contributed by atoms with Crippen molar-refractivity contribution in [3.8, 4) is 0 Å². The van der Waals surface area contributed by atoms with Crippen molar-refractivity contribution in [3.05, 3.63) is 59.7 Å². The highest BCUT2D eigenvalue weighted by Crippen LogP contribution is 2.29. The number of hydrogen-bond donors (Lipinski definition) is 1. The molecule has 1 amide bonds. The molecule has 1 saturated carbocycles. The number of sulfonamides is 1. The van der Waals surface area contributed by atoms with Gasteiger partial charge in [0.15, 0.2) is 0 Å². The second kappa shape index (κ2) is 9.44. The third-order valence-corrected chi connectivity index (χ3v) is 7.01. The summed E-state index contributed by atoms with van der Waals surface area (Å²) in [6, 6.07) is 10.2. The number of carbonyl (C=O) groups excluding carboxylic acids is 1. The lowest BCUT2D eigenvalue weighted by molar-refractivity contribution is -0.129. The van der Waals surface area contributed by atoms with Crippen molar-refractivity contribution in [2.24, 2.45) is 0 Å². The molecule has 1 aliphatic carbocycles. The van der Waals surface area contributed by atoms with Gasteiger partial charge < -0.3 is 9.80 Å². The Labute approximate surface area is 187 Å². The van der Waals surface area contributed by atoms with Gasteiger partial charge >= 0.3 is 0 Å². The van der Waals surface area contributed by atoms with Crippen LogP contribution < -0.4 is 9.62 Å². The van der Waals surface area contributed by atoms with Gasteiger partial charge in [-0.2, -0.15) is 0 Å². The van der Waals surface area contributed by atoms with Gasteiger partial charge in [0.2, 0.25) is 15.9 Å². The Balaban J connectivity index is 1.39. The van der Waals surface area contributed by atoms with Crippen LogP contribution in [0, 0.1) is 11.6 Å². The van der Waals surface area contributed by atoms with Crippen LogP contribution in [0.1, 0.15) is 37.7 Å². The number of carbonyl (C=O) groups is 1. The van der Waals surface area contributed by atoms with Crippen molar-refractivity contribution in [1.29, 1.82) is 0 Å². The number of nitrogens with zero attached hydrogens (tertiary/aromatic N) is 2. The molecule has 32 heavy (non-hydrogen) atoms. The van der Waals surface area contributed by atoms with Crippen molar-refractivity contribution < 1.29 is 22.0 Å². The van der Waals surface area contributed by atoms with E-state index in [2.05, 4.69) is 9.62 Å². The molecule has 0 spiro atoms. The van der Waals surface area contributed by atoms with Gasteiger partial charge in [0.25, 0.3) is 0 Å². The summed E-state index contributed by atoms with van der Waals surface area (Å²) in [6.45, 7) is 1.89. The Bertz CT molecular complexity index is 1070. The highest BCUT2D eigenvalue weighted by Gasteiger charge is 2.35. The molecule has 0 atom stereocenters. The lowest BCUT2D eigenvalue weighted by Gasteiger charge is -2.28. The Hall–Kier alpha value is -2.68. The van der Waals surface area contributed by atoms with E-state index in [9.17, 15) is 22.0 Å². The summed E-state index contributed by atoms with van der Waals surface area (Å²) in [5, 5.41) is 0. The van der Waals surface area contributed by atoms with Crippen molar-refractivity contribution in [2.75, 3.05) is 28.5 Å². The zero-order valence-corrected chi connectivity index (χ0v) is 18.6. The molecule has 1 heterocycles. The minimum absolute atomic E-state index is 0.0876. The van der Waals surface area contributed by atoms with E-state index in [1.54, 1.807) is 12.1 Å². The first-order valence-electron chi connectivity index (χ1n) is 10.9. The van der Waals surface area contributed by atoms with Gasteiger partial charge in [-0.25, -0.2) is 17.2 Å². The maximum atomic E-state index is 14.0. The second-order valence-electron chi connectivity index (χ2n) is 8.44. The summed E-state index contributed by atoms with van der Waals surface area (Å²) in [5.41, 5.74) is 1.59. The first kappa shape index (κ1) is 22.5. The molecule has 1 N–H and O–H groups in total. The van der Waals surface area contributed by atoms with Gasteiger partial charge in [-0.15, -0.1) is 0 Å². The Morgan fingerprint density at radius 2 is 1.72 bits per heavy atom. The maximum Gasteiger partial charge on any atom is 0.241 e. The molecule has 2 fully saturated rings. The minimum Gasteiger partial charge on any atom is -0.372 e. The summed E-state index contributed by atoms with van der Waals surface area (Å²) in [5.74, 6) is -2.79. The number of halogens is 2. The molecule has 2 aromatic carbocycles. The zero-order chi connectivity index (χ0) is 22.7. The molecule has 1 aliphatic heterocycles. The van der Waals surface area contributed by atoms with Gasteiger partial charge in [0.05, 0.1) is 0 Å². The molecular formula is C23H27F2N3O3S. The van der Waals surface area contributed by atoms with Crippen molar-refractivity contribution in [3.63, 3.8) is 0 Å². The minimum atomic E-state index is -3.94. The second-order valence-corrected chi connectivity index (χ2v) is 10.2. The molecule has 4 rings (SSSR count). The first-order valence-corrected chi connectivity index (χ1v) is 12.5. The van der Waals surface area contributed by atoms with Gasteiger partial charge in [0.1, 0.15) is 17.4 Å². The van der Waals surface area contributed by atoms with Crippen LogP contribution in [0.3, 0.4) is 0 Å². The number of rotatable bonds is 8. The molecule has 2 aliphatic rings. The van der Waals surface area contributed by atoms with Crippen LogP contribution in [-0.2, 0) is 21.4 Å². The summed E-state index contributed by atoms with van der Waals surface area (Å²) in [6.07, 6.45) is 5.00. The van der Waals surface area contributed by atoms with Crippen LogP contribution >= 0.6 is 0 Å². The Morgan fingerprint density at radius 1 is 1.03 bits per heavy atom. The summed E-state index contributed by atoms with van der Waals surface area (Å²) in [4.78, 5) is 16.4. The van der Waals surface area contributed by atoms with E-state index in [1.165, 1.54) is 17.4 Å². The standard InChI is InChI=1S/C23H27F2N3O3S/c24-18-5-4-17(22(25)14-18)15-28(21-10-11-21)23(29)16-32(30,31)26-19-6-8-20(9-7-19)27-12-2-1-3-13-27/h4-9,14,21,26H,1-3,10-13,15-16H2. The van der Waals surface area contributed by atoms with E-state index in [4.69, 9.17) is 0 Å². The molecule has 0 radical (unpaired) electrons. The summed E-state index contributed by atoms with van der Waals surface area (Å²) < 4.78 is 54.9.